The van der Waals surface area contributed by atoms with Gasteiger partial charge in [0.15, 0.2) is 0 Å². The number of carbonyl (C=O) groups is 1. The molecule has 0 spiro atoms. The molecule has 0 atom stereocenters. The molecule has 0 bridgehead atoms. The van der Waals surface area contributed by atoms with E-state index in [0.29, 0.717) is 60.7 Å². The van der Waals surface area contributed by atoms with Gasteiger partial charge >= 0.3 is 5.70 Å². The Kier molecular flexibility index (Phi) is 10.7. The van der Waals surface area contributed by atoms with Crippen LogP contribution in [0.2, 0.25) is 10.0 Å². The topological polar surface area (TPSA) is 67.0 Å². The maximum atomic E-state index is 13.2. The largest absolute Gasteiger partial charge is 0.363 e. The Morgan fingerprint density at radius 1 is 1.11 bits per heavy atom. The van der Waals surface area contributed by atoms with Crippen molar-refractivity contribution in [3.63, 3.8) is 0 Å². The number of hydrogen-bond acceptors (Lipinski definition) is 5. The number of nitrogens with one attached hydrogen (secondary N) is 1. The van der Waals surface area contributed by atoms with Gasteiger partial charge in [-0.2, -0.15) is 0 Å². The van der Waals surface area contributed by atoms with Gasteiger partial charge in [-0.15, -0.1) is 0 Å². The van der Waals surface area contributed by atoms with Crippen LogP contribution in [0.15, 0.2) is 54.0 Å². The highest BCUT2D eigenvalue weighted by atomic mass is 35.5. The fraction of sp³-hybridized carbons (Fsp3) is 0.393. The molecule has 194 valence electrons. The Bertz CT molecular complexity index is 1160. The number of benzene rings is 2. The van der Waals surface area contributed by atoms with Crippen LogP contribution in [-0.2, 0) is 13.1 Å². The lowest BCUT2D eigenvalue weighted by Gasteiger charge is -2.28. The van der Waals surface area contributed by atoms with Crippen LogP contribution in [0, 0.1) is 17.9 Å². The monoisotopic (exact) mass is 538 g/mol. The van der Waals surface area contributed by atoms with Crippen molar-refractivity contribution in [3.8, 4) is 6.07 Å². The summed E-state index contributed by atoms with van der Waals surface area (Å²) >= 11 is 12.3. The number of nitriles is 1. The summed E-state index contributed by atoms with van der Waals surface area (Å²) in [7, 11) is 0. The Hall–Kier alpha value is -3.23. The molecule has 0 aliphatic carbocycles. The van der Waals surface area contributed by atoms with Crippen LogP contribution in [-0.4, -0.2) is 59.9 Å². The summed E-state index contributed by atoms with van der Waals surface area (Å²) < 4.78 is 0. The van der Waals surface area contributed by atoms with Gasteiger partial charge < -0.3 is 20.0 Å². The molecule has 37 heavy (non-hydrogen) atoms. The summed E-state index contributed by atoms with van der Waals surface area (Å²) in [5, 5.41) is 14.1. The zero-order valence-electron chi connectivity index (χ0n) is 21.3. The van der Waals surface area contributed by atoms with Gasteiger partial charge in [-0.3, -0.25) is 4.79 Å². The van der Waals surface area contributed by atoms with E-state index in [1.54, 1.807) is 11.0 Å². The Morgan fingerprint density at radius 3 is 2.38 bits per heavy atom. The van der Waals surface area contributed by atoms with Crippen molar-refractivity contribution < 1.29 is 4.79 Å². The molecule has 1 amide bonds. The summed E-state index contributed by atoms with van der Waals surface area (Å²) in [4.78, 5) is 22.5. The van der Waals surface area contributed by atoms with E-state index in [1.165, 1.54) is 0 Å². The van der Waals surface area contributed by atoms with Crippen molar-refractivity contribution in [1.29, 1.82) is 5.26 Å². The van der Waals surface area contributed by atoms with Gasteiger partial charge in [-0.25, -0.2) is 10.1 Å². The van der Waals surface area contributed by atoms with E-state index in [4.69, 9.17) is 29.8 Å². The van der Waals surface area contributed by atoms with Gasteiger partial charge in [0.1, 0.15) is 5.82 Å². The standard InChI is InChI=1S/C28H32Cl2N6O/c1-4-10-33-19-21-6-8-23(9-7-21)28(37)34(5-2)11-12-35-13-14-36(27(35)26(18-31)32-3)20-22-15-24(29)17-25(30)16-22/h6-9,15-17,33H,4-5,10-14,19-20H2,1-2H3/b27-26+. The minimum absolute atomic E-state index is 0.0311. The highest BCUT2D eigenvalue weighted by Gasteiger charge is 2.29. The highest BCUT2D eigenvalue weighted by molar-refractivity contribution is 6.34. The average Bonchev–Trinajstić information content (AvgIpc) is 3.27. The summed E-state index contributed by atoms with van der Waals surface area (Å²) in [5.74, 6) is 0.553. The predicted molar refractivity (Wildman–Crippen MR) is 148 cm³/mol. The number of rotatable bonds is 11. The molecule has 3 rings (SSSR count). The van der Waals surface area contributed by atoms with E-state index in [2.05, 4.69) is 17.1 Å². The van der Waals surface area contributed by atoms with Crippen molar-refractivity contribution >= 4 is 29.1 Å². The minimum atomic E-state index is -0.0311. The molecule has 0 saturated carbocycles. The second kappa shape index (κ2) is 13.9. The van der Waals surface area contributed by atoms with Crippen LogP contribution in [0.25, 0.3) is 4.85 Å². The van der Waals surface area contributed by atoms with E-state index in [9.17, 15) is 10.1 Å². The van der Waals surface area contributed by atoms with Crippen LogP contribution >= 0.6 is 23.2 Å². The number of carbonyl (C=O) groups excluding carboxylic acids is 1. The molecule has 1 N–H and O–H groups in total. The summed E-state index contributed by atoms with van der Waals surface area (Å²) in [6, 6.07) is 15.1. The van der Waals surface area contributed by atoms with Gasteiger partial charge in [-0.05, 0) is 61.3 Å². The van der Waals surface area contributed by atoms with Crippen LogP contribution in [0.5, 0.6) is 0 Å². The molecule has 2 aromatic rings. The first-order valence-electron chi connectivity index (χ1n) is 12.5. The van der Waals surface area contributed by atoms with Crippen molar-refractivity contribution in [2.75, 3.05) is 39.3 Å². The van der Waals surface area contributed by atoms with Crippen molar-refractivity contribution in [1.82, 2.24) is 20.0 Å². The second-order valence-corrected chi connectivity index (χ2v) is 9.71. The van der Waals surface area contributed by atoms with Gasteiger partial charge in [-0.1, -0.05) is 42.3 Å². The first-order chi connectivity index (χ1) is 17.9. The average molecular weight is 540 g/mol. The first kappa shape index (κ1) is 28.3. The quantitative estimate of drug-likeness (QED) is 0.236. The van der Waals surface area contributed by atoms with Crippen LogP contribution in [0.3, 0.4) is 0 Å². The van der Waals surface area contributed by atoms with E-state index in [-0.39, 0.29) is 11.6 Å². The van der Waals surface area contributed by atoms with Crippen LogP contribution < -0.4 is 5.32 Å². The molecule has 0 unspecified atom stereocenters. The molecule has 1 saturated heterocycles. The Labute approximate surface area is 229 Å². The SMILES string of the molecule is [C-]#[N+]/C(C#N)=C1\N(CCN(CC)C(=O)c2ccc(CNCCC)cc2)CCN1Cc1cc(Cl)cc(Cl)c1. The molecule has 1 aliphatic heterocycles. The molecule has 1 aliphatic rings. The summed E-state index contributed by atoms with van der Waals surface area (Å²) in [5.41, 5.74) is 2.73. The van der Waals surface area contributed by atoms with E-state index in [1.807, 2.05) is 59.2 Å². The fourth-order valence-electron chi connectivity index (χ4n) is 4.37. The lowest BCUT2D eigenvalue weighted by molar-refractivity contribution is 0.0752. The number of nitrogens with zero attached hydrogens (tertiary/aromatic N) is 5. The molecular weight excluding hydrogens is 507 g/mol. The molecule has 0 radical (unpaired) electrons. The third-order valence-corrected chi connectivity index (χ3v) is 6.67. The molecule has 7 nitrogen and oxygen atoms in total. The molecule has 1 heterocycles. The highest BCUT2D eigenvalue weighted by Crippen LogP contribution is 2.27. The number of allylic oxidation sites excluding steroid dienone is 1. The van der Waals surface area contributed by atoms with Gasteiger partial charge in [0.25, 0.3) is 5.91 Å². The maximum absolute atomic E-state index is 13.2. The van der Waals surface area contributed by atoms with E-state index in [0.717, 1.165) is 30.6 Å². The Morgan fingerprint density at radius 2 is 1.78 bits per heavy atom. The molecule has 0 aromatic heterocycles. The zero-order valence-corrected chi connectivity index (χ0v) is 22.8. The summed E-state index contributed by atoms with van der Waals surface area (Å²) in [6.07, 6.45) is 1.08. The molecule has 2 aromatic carbocycles. The van der Waals surface area contributed by atoms with Crippen molar-refractivity contribution in [2.45, 2.75) is 33.4 Å². The zero-order chi connectivity index (χ0) is 26.8. The van der Waals surface area contributed by atoms with Crippen molar-refractivity contribution in [3.05, 3.63) is 92.1 Å². The third kappa shape index (κ3) is 7.63. The maximum Gasteiger partial charge on any atom is 0.300 e. The molecule has 1 fully saturated rings. The first-order valence-corrected chi connectivity index (χ1v) is 13.2. The number of hydrogen-bond donors (Lipinski definition) is 1. The van der Waals surface area contributed by atoms with E-state index < -0.39 is 0 Å². The van der Waals surface area contributed by atoms with E-state index >= 15 is 0 Å². The normalized spacial score (nSPS) is 14.3. The fourth-order valence-corrected chi connectivity index (χ4v) is 4.95. The van der Waals surface area contributed by atoms with Gasteiger partial charge in [0, 0.05) is 61.4 Å². The van der Waals surface area contributed by atoms with Crippen molar-refractivity contribution in [2.24, 2.45) is 0 Å². The summed E-state index contributed by atoms with van der Waals surface area (Å²) in [6.45, 7) is 16.7. The van der Waals surface area contributed by atoms with Gasteiger partial charge in [0.05, 0.1) is 12.6 Å². The smallest absolute Gasteiger partial charge is 0.300 e. The lowest BCUT2D eigenvalue weighted by atomic mass is 10.1. The number of halogens is 2. The van der Waals surface area contributed by atoms with Crippen LogP contribution in [0.4, 0.5) is 0 Å². The minimum Gasteiger partial charge on any atom is -0.363 e. The second-order valence-electron chi connectivity index (χ2n) is 8.84. The molecule has 9 heteroatoms. The van der Waals surface area contributed by atoms with Crippen LogP contribution in [0.1, 0.15) is 41.8 Å². The molecular formula is C28H32Cl2N6O. The predicted octanol–water partition coefficient (Wildman–Crippen LogP) is 5.38. The lowest BCUT2D eigenvalue weighted by Crippen LogP contribution is -2.38. The number of amides is 1. The number of likely N-dealkylation sites (N-methyl/N-ethyl adjacent to an activating group) is 1. The Balaban J connectivity index is 1.69. The third-order valence-electron chi connectivity index (χ3n) is 6.23. The van der Waals surface area contributed by atoms with Gasteiger partial charge in [0.2, 0.25) is 0 Å².